The number of halogens is 1. The fourth-order valence-corrected chi connectivity index (χ4v) is 2.41. The summed E-state index contributed by atoms with van der Waals surface area (Å²) in [4.78, 5) is 4.03. The molecule has 0 aliphatic heterocycles. The lowest BCUT2D eigenvalue weighted by atomic mass is 9.81. The van der Waals surface area contributed by atoms with E-state index < -0.39 is 5.60 Å². The third-order valence-corrected chi connectivity index (χ3v) is 3.48. The lowest BCUT2D eigenvalue weighted by Crippen LogP contribution is -2.29. The molecule has 0 radical (unpaired) electrons. The number of aliphatic hydroxyl groups is 1. The molecular weight excluding hydrogens is 217 g/mol. The predicted octanol–water partition coefficient (Wildman–Crippen LogP) is 3.32. The van der Waals surface area contributed by atoms with Crippen LogP contribution >= 0.6 is 0 Å². The molecule has 1 aliphatic rings. The minimum Gasteiger partial charge on any atom is -0.379 e. The van der Waals surface area contributed by atoms with Gasteiger partial charge in [-0.05, 0) is 49.8 Å². The van der Waals surface area contributed by atoms with Crippen molar-refractivity contribution < 1.29 is 9.50 Å². The molecule has 0 amide bonds. The van der Waals surface area contributed by atoms with Crippen LogP contribution in [0.5, 0.6) is 0 Å². The molecule has 1 aromatic heterocycles. The third-order valence-electron chi connectivity index (χ3n) is 3.48. The van der Waals surface area contributed by atoms with Gasteiger partial charge in [-0.15, -0.1) is 0 Å². The highest BCUT2D eigenvalue weighted by Crippen LogP contribution is 2.37. The van der Waals surface area contributed by atoms with Gasteiger partial charge in [-0.25, -0.2) is 4.39 Å². The van der Waals surface area contributed by atoms with Crippen LogP contribution in [0.15, 0.2) is 30.0 Å². The Morgan fingerprint density at radius 3 is 2.76 bits per heavy atom. The maximum Gasteiger partial charge on any atom is 0.141 e. The van der Waals surface area contributed by atoms with Crippen LogP contribution < -0.4 is 0 Å². The average molecular weight is 235 g/mol. The van der Waals surface area contributed by atoms with Crippen LogP contribution in [0.3, 0.4) is 0 Å². The van der Waals surface area contributed by atoms with Crippen LogP contribution in [0.2, 0.25) is 0 Å². The first-order valence-electron chi connectivity index (χ1n) is 6.20. The first-order chi connectivity index (χ1) is 8.16. The molecule has 1 aromatic rings. The predicted molar refractivity (Wildman–Crippen MR) is 64.9 cm³/mol. The Balaban J connectivity index is 2.36. The number of hydrogen-bond acceptors (Lipinski definition) is 2. The van der Waals surface area contributed by atoms with Crippen LogP contribution in [0.25, 0.3) is 0 Å². The summed E-state index contributed by atoms with van der Waals surface area (Å²) in [6, 6.07) is 2.93. The summed E-state index contributed by atoms with van der Waals surface area (Å²) in [6.07, 6.45) is 8.05. The zero-order valence-corrected chi connectivity index (χ0v) is 10.1. The molecule has 0 aromatic carbocycles. The van der Waals surface area contributed by atoms with Gasteiger partial charge in [0, 0.05) is 0 Å². The van der Waals surface area contributed by atoms with E-state index >= 15 is 0 Å². The molecule has 2 nitrogen and oxygen atoms in total. The zero-order valence-electron chi connectivity index (χ0n) is 10.1. The van der Waals surface area contributed by atoms with Crippen molar-refractivity contribution in [1.82, 2.24) is 4.98 Å². The summed E-state index contributed by atoms with van der Waals surface area (Å²) in [5, 5.41) is 10.8. The Hall–Kier alpha value is -1.22. The fourth-order valence-electron chi connectivity index (χ4n) is 2.41. The highest BCUT2D eigenvalue weighted by atomic mass is 19.1. The van der Waals surface area contributed by atoms with E-state index in [4.69, 9.17) is 0 Å². The maximum absolute atomic E-state index is 12.9. The van der Waals surface area contributed by atoms with Gasteiger partial charge in [-0.1, -0.05) is 13.0 Å². The van der Waals surface area contributed by atoms with E-state index in [9.17, 15) is 9.50 Å². The number of nitrogens with zero attached hydrogens (tertiary/aromatic N) is 1. The Bertz CT molecular complexity index is 413. The quantitative estimate of drug-likeness (QED) is 0.815. The summed E-state index contributed by atoms with van der Waals surface area (Å²) < 4.78 is 12.9. The largest absolute Gasteiger partial charge is 0.379 e. The van der Waals surface area contributed by atoms with Crippen LogP contribution in [-0.2, 0) is 5.60 Å². The van der Waals surface area contributed by atoms with E-state index in [1.54, 1.807) is 6.07 Å². The van der Waals surface area contributed by atoms with E-state index in [2.05, 4.69) is 11.1 Å². The Labute approximate surface area is 101 Å². The van der Waals surface area contributed by atoms with Gasteiger partial charge in [-0.3, -0.25) is 4.98 Å². The number of allylic oxidation sites excluding steroid dienone is 1. The van der Waals surface area contributed by atoms with E-state index in [0.29, 0.717) is 12.1 Å². The fraction of sp³-hybridized carbons (Fsp3) is 0.500. The molecule has 1 aliphatic carbocycles. The van der Waals surface area contributed by atoms with Gasteiger partial charge < -0.3 is 5.11 Å². The zero-order chi connectivity index (χ0) is 12.3. The highest BCUT2D eigenvalue weighted by molar-refractivity contribution is 5.28. The van der Waals surface area contributed by atoms with Gasteiger partial charge in [0.1, 0.15) is 11.4 Å². The van der Waals surface area contributed by atoms with Crippen molar-refractivity contribution in [1.29, 1.82) is 0 Å². The normalized spacial score (nSPS) is 19.6. The van der Waals surface area contributed by atoms with Gasteiger partial charge >= 0.3 is 0 Å². The Kier molecular flexibility index (Phi) is 3.57. The molecule has 1 N–H and O–H groups in total. The van der Waals surface area contributed by atoms with E-state index in [1.807, 2.05) is 6.92 Å². The molecular formula is C14H18FNO. The van der Waals surface area contributed by atoms with E-state index in [1.165, 1.54) is 18.7 Å². The van der Waals surface area contributed by atoms with Gasteiger partial charge in [0.15, 0.2) is 0 Å². The van der Waals surface area contributed by atoms with Crippen molar-refractivity contribution in [3.63, 3.8) is 0 Å². The molecule has 0 fully saturated rings. The van der Waals surface area contributed by atoms with Gasteiger partial charge in [-0.2, -0.15) is 0 Å². The number of pyridine rings is 1. The molecule has 0 bridgehead atoms. The van der Waals surface area contributed by atoms with E-state index in [0.717, 1.165) is 24.8 Å². The molecule has 1 atom stereocenters. The lowest BCUT2D eigenvalue weighted by Gasteiger charge is -2.31. The molecule has 0 saturated carbocycles. The van der Waals surface area contributed by atoms with Crippen LogP contribution in [-0.4, -0.2) is 10.1 Å². The summed E-state index contributed by atoms with van der Waals surface area (Å²) in [7, 11) is 0. The smallest absolute Gasteiger partial charge is 0.141 e. The van der Waals surface area contributed by atoms with Crippen LogP contribution in [0.1, 0.15) is 44.7 Å². The molecule has 92 valence electrons. The SMILES string of the molecule is CCC(O)(C1=CCCCC1)c1ccc(F)cn1. The second kappa shape index (κ2) is 4.96. The van der Waals surface area contributed by atoms with Crippen LogP contribution in [0.4, 0.5) is 4.39 Å². The maximum atomic E-state index is 12.9. The molecule has 2 rings (SSSR count). The minimum atomic E-state index is -1.02. The van der Waals surface area contributed by atoms with Gasteiger partial charge in [0.2, 0.25) is 0 Å². The third kappa shape index (κ3) is 2.39. The van der Waals surface area contributed by atoms with Crippen molar-refractivity contribution >= 4 is 0 Å². The van der Waals surface area contributed by atoms with E-state index in [-0.39, 0.29) is 5.82 Å². The highest BCUT2D eigenvalue weighted by Gasteiger charge is 2.33. The molecule has 1 unspecified atom stereocenters. The van der Waals surface area contributed by atoms with Gasteiger partial charge in [0.25, 0.3) is 0 Å². The first-order valence-corrected chi connectivity index (χ1v) is 6.20. The standard InChI is InChI=1S/C14H18FNO/c1-2-14(17,11-6-4-3-5-7-11)13-9-8-12(15)10-16-13/h6,8-10,17H,2-5,7H2,1H3. The topological polar surface area (TPSA) is 33.1 Å². The second-order valence-corrected chi connectivity index (χ2v) is 4.55. The first kappa shape index (κ1) is 12.2. The number of hydrogen-bond donors (Lipinski definition) is 1. The molecule has 17 heavy (non-hydrogen) atoms. The van der Waals surface area contributed by atoms with Crippen molar-refractivity contribution in [2.24, 2.45) is 0 Å². The lowest BCUT2D eigenvalue weighted by molar-refractivity contribution is 0.0617. The Morgan fingerprint density at radius 1 is 1.41 bits per heavy atom. The molecule has 0 spiro atoms. The van der Waals surface area contributed by atoms with Crippen molar-refractivity contribution in [3.05, 3.63) is 41.5 Å². The summed E-state index contributed by atoms with van der Waals surface area (Å²) in [5.74, 6) is -0.371. The summed E-state index contributed by atoms with van der Waals surface area (Å²) in [5.41, 5.74) is 0.564. The van der Waals surface area contributed by atoms with Crippen LogP contribution in [0, 0.1) is 5.82 Å². The van der Waals surface area contributed by atoms with Crippen molar-refractivity contribution in [2.75, 3.05) is 0 Å². The number of aromatic nitrogens is 1. The summed E-state index contributed by atoms with van der Waals surface area (Å²) in [6.45, 7) is 1.93. The van der Waals surface area contributed by atoms with Crippen molar-refractivity contribution in [3.8, 4) is 0 Å². The molecule has 0 saturated heterocycles. The minimum absolute atomic E-state index is 0.371. The molecule has 3 heteroatoms. The second-order valence-electron chi connectivity index (χ2n) is 4.55. The molecule has 1 heterocycles. The van der Waals surface area contributed by atoms with Gasteiger partial charge in [0.05, 0.1) is 11.9 Å². The average Bonchev–Trinajstić information content (AvgIpc) is 2.40. The monoisotopic (exact) mass is 235 g/mol. The van der Waals surface area contributed by atoms with Crippen molar-refractivity contribution in [2.45, 2.75) is 44.6 Å². The number of rotatable bonds is 3. The summed E-state index contributed by atoms with van der Waals surface area (Å²) >= 11 is 0. The Morgan fingerprint density at radius 2 is 2.24 bits per heavy atom.